The number of carbonyl (C=O) groups is 1. The third-order valence-electron chi connectivity index (χ3n) is 4.91. The quantitative estimate of drug-likeness (QED) is 0.585. The SMILES string of the molecule is O=C(COc1ccccc1C=Nc1ccc(N2CCOCC2)cc1)Nc1ccccc1. The number of nitrogens with zero attached hydrogens (tertiary/aromatic N) is 2. The molecule has 1 N–H and O–H groups in total. The lowest BCUT2D eigenvalue weighted by molar-refractivity contribution is -0.118. The third-order valence-corrected chi connectivity index (χ3v) is 4.91. The average Bonchev–Trinajstić information content (AvgIpc) is 2.83. The third kappa shape index (κ3) is 5.93. The lowest BCUT2D eigenvalue weighted by atomic mass is 10.2. The highest BCUT2D eigenvalue weighted by atomic mass is 16.5. The van der Waals surface area contributed by atoms with Crippen molar-refractivity contribution in [2.75, 3.05) is 43.1 Å². The highest BCUT2D eigenvalue weighted by molar-refractivity contribution is 5.92. The standard InChI is InChI=1S/C25H25N3O3/c29-25(27-22-7-2-1-3-8-22)19-31-24-9-5-4-6-20(24)18-26-21-10-12-23(13-11-21)28-14-16-30-17-15-28/h1-13,18H,14-17,19H2,(H,27,29). The van der Waals surface area contributed by atoms with Gasteiger partial charge in [0, 0.05) is 36.2 Å². The van der Waals surface area contributed by atoms with Crippen LogP contribution < -0.4 is 15.0 Å². The van der Waals surface area contributed by atoms with E-state index in [0.717, 1.165) is 43.2 Å². The van der Waals surface area contributed by atoms with Crippen LogP contribution >= 0.6 is 0 Å². The molecule has 4 rings (SSSR count). The van der Waals surface area contributed by atoms with Crippen molar-refractivity contribution in [1.29, 1.82) is 0 Å². The number of anilines is 2. The Morgan fingerprint density at radius 1 is 0.968 bits per heavy atom. The minimum Gasteiger partial charge on any atom is -0.483 e. The Bertz CT molecular complexity index is 1010. The van der Waals surface area contributed by atoms with E-state index in [1.165, 1.54) is 5.69 Å². The van der Waals surface area contributed by atoms with Gasteiger partial charge in [-0.05, 0) is 48.5 Å². The summed E-state index contributed by atoms with van der Waals surface area (Å²) in [5.74, 6) is 0.399. The van der Waals surface area contributed by atoms with E-state index in [1.807, 2.05) is 66.7 Å². The fourth-order valence-corrected chi connectivity index (χ4v) is 3.30. The minimum atomic E-state index is -0.211. The van der Waals surface area contributed by atoms with Gasteiger partial charge in [-0.2, -0.15) is 0 Å². The van der Waals surface area contributed by atoms with Crippen LogP contribution in [0.15, 0.2) is 83.9 Å². The van der Waals surface area contributed by atoms with Crippen molar-refractivity contribution in [2.24, 2.45) is 4.99 Å². The molecule has 0 saturated carbocycles. The van der Waals surface area contributed by atoms with Crippen LogP contribution in [0.1, 0.15) is 5.56 Å². The summed E-state index contributed by atoms with van der Waals surface area (Å²) in [6.07, 6.45) is 1.76. The van der Waals surface area contributed by atoms with Crippen molar-refractivity contribution in [3.05, 3.63) is 84.4 Å². The van der Waals surface area contributed by atoms with Crippen molar-refractivity contribution < 1.29 is 14.3 Å². The monoisotopic (exact) mass is 415 g/mol. The summed E-state index contributed by atoms with van der Waals surface area (Å²) in [6, 6.07) is 25.0. The van der Waals surface area contributed by atoms with Gasteiger partial charge in [0.05, 0.1) is 18.9 Å². The number of ether oxygens (including phenoxy) is 2. The largest absolute Gasteiger partial charge is 0.483 e. The van der Waals surface area contributed by atoms with Crippen LogP contribution in [0.3, 0.4) is 0 Å². The van der Waals surface area contributed by atoms with Crippen molar-refractivity contribution in [3.63, 3.8) is 0 Å². The molecule has 1 aliphatic rings. The smallest absolute Gasteiger partial charge is 0.262 e. The number of morpholine rings is 1. The summed E-state index contributed by atoms with van der Waals surface area (Å²) >= 11 is 0. The topological polar surface area (TPSA) is 63.2 Å². The molecule has 1 fully saturated rings. The average molecular weight is 415 g/mol. The molecule has 0 bridgehead atoms. The Morgan fingerprint density at radius 3 is 2.45 bits per heavy atom. The Labute approximate surface area is 182 Å². The van der Waals surface area contributed by atoms with Crippen LogP contribution in [-0.4, -0.2) is 45.0 Å². The Morgan fingerprint density at radius 2 is 1.68 bits per heavy atom. The van der Waals surface area contributed by atoms with Gasteiger partial charge in [-0.3, -0.25) is 9.79 Å². The molecule has 158 valence electrons. The van der Waals surface area contributed by atoms with E-state index in [-0.39, 0.29) is 12.5 Å². The second-order valence-electron chi connectivity index (χ2n) is 7.11. The maximum Gasteiger partial charge on any atom is 0.262 e. The van der Waals surface area contributed by atoms with Crippen molar-refractivity contribution in [3.8, 4) is 5.75 Å². The molecule has 0 atom stereocenters. The summed E-state index contributed by atoms with van der Waals surface area (Å²) in [4.78, 5) is 19.0. The van der Waals surface area contributed by atoms with Crippen molar-refractivity contribution in [1.82, 2.24) is 0 Å². The molecule has 31 heavy (non-hydrogen) atoms. The van der Waals surface area contributed by atoms with E-state index < -0.39 is 0 Å². The van der Waals surface area contributed by atoms with Gasteiger partial charge in [0.15, 0.2) is 6.61 Å². The fraction of sp³-hybridized carbons (Fsp3) is 0.200. The number of aliphatic imine (C=N–C) groups is 1. The van der Waals surface area contributed by atoms with E-state index in [0.29, 0.717) is 5.75 Å². The first-order valence-electron chi connectivity index (χ1n) is 10.3. The number of nitrogens with one attached hydrogen (secondary N) is 1. The van der Waals surface area contributed by atoms with E-state index in [2.05, 4.69) is 27.3 Å². The molecule has 3 aromatic rings. The molecule has 0 aliphatic carbocycles. The number of para-hydroxylation sites is 2. The predicted molar refractivity (Wildman–Crippen MR) is 124 cm³/mol. The van der Waals surface area contributed by atoms with E-state index in [9.17, 15) is 4.79 Å². The molecule has 0 spiro atoms. The summed E-state index contributed by atoms with van der Waals surface area (Å²) in [5.41, 5.74) is 3.59. The van der Waals surface area contributed by atoms with E-state index in [1.54, 1.807) is 6.21 Å². The number of amides is 1. The molecular weight excluding hydrogens is 390 g/mol. The van der Waals surface area contributed by atoms with Gasteiger partial charge in [-0.1, -0.05) is 30.3 Å². The first kappa shape index (κ1) is 20.6. The zero-order chi connectivity index (χ0) is 21.3. The highest BCUT2D eigenvalue weighted by Gasteiger charge is 2.10. The van der Waals surface area contributed by atoms with Crippen molar-refractivity contribution >= 4 is 29.2 Å². The lowest BCUT2D eigenvalue weighted by Gasteiger charge is -2.28. The Balaban J connectivity index is 1.36. The molecule has 3 aromatic carbocycles. The van der Waals surface area contributed by atoms with Crippen LogP contribution in [0, 0.1) is 0 Å². The maximum absolute atomic E-state index is 12.2. The molecule has 1 saturated heterocycles. The van der Waals surface area contributed by atoms with E-state index >= 15 is 0 Å². The van der Waals surface area contributed by atoms with Crippen LogP contribution in [-0.2, 0) is 9.53 Å². The molecule has 6 nitrogen and oxygen atoms in total. The normalized spacial score (nSPS) is 13.9. The lowest BCUT2D eigenvalue weighted by Crippen LogP contribution is -2.36. The maximum atomic E-state index is 12.2. The van der Waals surface area contributed by atoms with Gasteiger partial charge >= 0.3 is 0 Å². The highest BCUT2D eigenvalue weighted by Crippen LogP contribution is 2.22. The summed E-state index contributed by atoms with van der Waals surface area (Å²) < 4.78 is 11.1. The molecule has 6 heteroatoms. The number of hydrogen-bond acceptors (Lipinski definition) is 5. The van der Waals surface area contributed by atoms with Crippen LogP contribution in [0.25, 0.3) is 0 Å². The Kier molecular flexibility index (Phi) is 6.92. The van der Waals surface area contributed by atoms with Crippen LogP contribution in [0.5, 0.6) is 5.75 Å². The number of hydrogen-bond donors (Lipinski definition) is 1. The first-order valence-corrected chi connectivity index (χ1v) is 10.3. The molecule has 1 aliphatic heterocycles. The minimum absolute atomic E-state index is 0.0754. The predicted octanol–water partition coefficient (Wildman–Crippen LogP) is 4.29. The van der Waals surface area contributed by atoms with Gasteiger partial charge < -0.3 is 19.7 Å². The van der Waals surface area contributed by atoms with Crippen LogP contribution in [0.2, 0.25) is 0 Å². The molecule has 1 heterocycles. The van der Waals surface area contributed by atoms with Gasteiger partial charge in [0.25, 0.3) is 5.91 Å². The molecule has 0 radical (unpaired) electrons. The summed E-state index contributed by atoms with van der Waals surface area (Å²) in [6.45, 7) is 3.27. The van der Waals surface area contributed by atoms with Gasteiger partial charge in [0.2, 0.25) is 0 Å². The second kappa shape index (κ2) is 10.4. The number of benzene rings is 3. The number of carbonyl (C=O) groups excluding carboxylic acids is 1. The molecular formula is C25H25N3O3. The Hall–Kier alpha value is -3.64. The fourth-order valence-electron chi connectivity index (χ4n) is 3.30. The number of rotatable bonds is 7. The van der Waals surface area contributed by atoms with E-state index in [4.69, 9.17) is 9.47 Å². The van der Waals surface area contributed by atoms with Gasteiger partial charge in [-0.25, -0.2) is 0 Å². The zero-order valence-electron chi connectivity index (χ0n) is 17.2. The zero-order valence-corrected chi connectivity index (χ0v) is 17.2. The molecule has 0 unspecified atom stereocenters. The van der Waals surface area contributed by atoms with Gasteiger partial charge in [-0.15, -0.1) is 0 Å². The second-order valence-corrected chi connectivity index (χ2v) is 7.11. The molecule has 1 amide bonds. The van der Waals surface area contributed by atoms with Crippen LogP contribution in [0.4, 0.5) is 17.1 Å². The summed E-state index contributed by atoms with van der Waals surface area (Å²) in [5, 5.41) is 2.81. The molecule has 0 aromatic heterocycles. The van der Waals surface area contributed by atoms with Crippen molar-refractivity contribution in [2.45, 2.75) is 0 Å². The van der Waals surface area contributed by atoms with Gasteiger partial charge in [0.1, 0.15) is 5.75 Å². The first-order chi connectivity index (χ1) is 15.3. The summed E-state index contributed by atoms with van der Waals surface area (Å²) in [7, 11) is 0.